The lowest BCUT2D eigenvalue weighted by molar-refractivity contribution is 0.0832. The predicted molar refractivity (Wildman–Crippen MR) is 124 cm³/mol. The zero-order chi connectivity index (χ0) is 22.1. The smallest absolute Gasteiger partial charge is 0.0809 e. The quantitative estimate of drug-likeness (QED) is 0.522. The van der Waals surface area contributed by atoms with E-state index in [4.69, 9.17) is 0 Å². The number of fused-ring (bicyclic) bond motifs is 1. The second kappa shape index (κ2) is 9.14. The van der Waals surface area contributed by atoms with Crippen LogP contribution in [0, 0.1) is 23.2 Å². The van der Waals surface area contributed by atoms with E-state index < -0.39 is 17.8 Å². The van der Waals surface area contributed by atoms with Crippen molar-refractivity contribution < 1.29 is 15.3 Å². The summed E-state index contributed by atoms with van der Waals surface area (Å²) in [6.45, 7) is 12.4. The summed E-state index contributed by atoms with van der Waals surface area (Å²) in [7, 11) is 0. The van der Waals surface area contributed by atoms with E-state index in [2.05, 4.69) is 44.7 Å². The molecule has 0 aromatic heterocycles. The molecule has 3 saturated carbocycles. The molecular formula is C27H42O3. The van der Waals surface area contributed by atoms with Crippen molar-refractivity contribution in [1.82, 2.24) is 0 Å². The highest BCUT2D eigenvalue weighted by molar-refractivity contribution is 5.29. The molecule has 0 bridgehead atoms. The molecule has 3 fully saturated rings. The molecule has 168 valence electrons. The fraction of sp³-hybridized carbons (Fsp3) is 0.704. The molecule has 30 heavy (non-hydrogen) atoms. The maximum Gasteiger partial charge on any atom is 0.0809 e. The Kier molecular flexibility index (Phi) is 7.16. The van der Waals surface area contributed by atoms with Crippen molar-refractivity contribution >= 4 is 0 Å². The van der Waals surface area contributed by atoms with Crippen LogP contribution in [0.25, 0.3) is 0 Å². The molecule has 0 radical (unpaired) electrons. The maximum atomic E-state index is 10.1. The Balaban J connectivity index is 1.72. The Bertz CT molecular complexity index is 707. The number of rotatable bonds is 5. The van der Waals surface area contributed by atoms with Gasteiger partial charge in [0.15, 0.2) is 0 Å². The van der Waals surface area contributed by atoms with E-state index in [0.717, 1.165) is 12.0 Å². The van der Waals surface area contributed by atoms with Crippen LogP contribution in [0.2, 0.25) is 0 Å². The summed E-state index contributed by atoms with van der Waals surface area (Å²) in [4.78, 5) is 0. The van der Waals surface area contributed by atoms with E-state index in [1.807, 2.05) is 13.8 Å². The van der Waals surface area contributed by atoms with Crippen LogP contribution in [0.5, 0.6) is 0 Å². The Morgan fingerprint density at radius 1 is 1.17 bits per heavy atom. The first kappa shape index (κ1) is 23.5. The summed E-state index contributed by atoms with van der Waals surface area (Å²) in [6.07, 6.45) is 15.8. The van der Waals surface area contributed by atoms with Crippen molar-refractivity contribution in [3.05, 3.63) is 47.6 Å². The molecule has 0 aliphatic heterocycles. The van der Waals surface area contributed by atoms with E-state index in [1.54, 1.807) is 5.57 Å². The van der Waals surface area contributed by atoms with Crippen LogP contribution in [-0.4, -0.2) is 33.1 Å². The van der Waals surface area contributed by atoms with Crippen molar-refractivity contribution in [3.8, 4) is 0 Å². The van der Waals surface area contributed by atoms with Gasteiger partial charge in [-0.1, -0.05) is 55.9 Å². The summed E-state index contributed by atoms with van der Waals surface area (Å²) in [5.74, 6) is 1.83. The van der Waals surface area contributed by atoms with Crippen LogP contribution < -0.4 is 0 Å². The largest absolute Gasteiger partial charge is 0.390 e. The number of hydrogen-bond acceptors (Lipinski definition) is 3. The molecule has 0 saturated heterocycles. The zero-order valence-corrected chi connectivity index (χ0v) is 19.4. The normalized spacial score (nSPS) is 37.6. The lowest BCUT2D eigenvalue weighted by atomic mass is 9.61. The lowest BCUT2D eigenvalue weighted by Gasteiger charge is -2.44. The van der Waals surface area contributed by atoms with Crippen molar-refractivity contribution in [2.45, 2.75) is 96.9 Å². The minimum absolute atomic E-state index is 0.334. The highest BCUT2D eigenvalue weighted by Crippen LogP contribution is 2.59. The Morgan fingerprint density at radius 3 is 2.47 bits per heavy atom. The third kappa shape index (κ3) is 5.18. The fourth-order valence-corrected chi connectivity index (χ4v) is 6.27. The van der Waals surface area contributed by atoms with E-state index in [-0.39, 0.29) is 0 Å². The third-order valence-electron chi connectivity index (χ3n) is 8.03. The molecule has 0 amide bonds. The van der Waals surface area contributed by atoms with E-state index >= 15 is 0 Å². The van der Waals surface area contributed by atoms with Gasteiger partial charge in [-0.15, -0.1) is 0 Å². The maximum absolute atomic E-state index is 10.1. The average Bonchev–Trinajstić information content (AvgIpc) is 3.00. The topological polar surface area (TPSA) is 60.7 Å². The standard InChI is InChI=1S/C27H42O3/c1-18(8-6-14-26(3,4)30)22-12-13-23-21(9-7-15-27(22,23)5)11-10-20-16-24(28)19(2)25(29)17-20/h6,8,10-11,18,22-25,28-30H,2,7,9,12-17H2,1,3-5H3. The Hall–Kier alpha value is -1.16. The second-order valence-corrected chi connectivity index (χ2v) is 11.0. The molecule has 0 spiro atoms. The Morgan fingerprint density at radius 2 is 1.83 bits per heavy atom. The van der Waals surface area contributed by atoms with Crippen molar-refractivity contribution in [2.24, 2.45) is 23.2 Å². The number of hydrogen-bond donors (Lipinski definition) is 3. The van der Waals surface area contributed by atoms with Crippen LogP contribution >= 0.6 is 0 Å². The minimum atomic E-state index is -0.640. The summed E-state index contributed by atoms with van der Waals surface area (Å²) < 4.78 is 0. The van der Waals surface area contributed by atoms with Gasteiger partial charge in [0.2, 0.25) is 0 Å². The van der Waals surface area contributed by atoms with Crippen LogP contribution in [0.15, 0.2) is 47.6 Å². The summed E-state index contributed by atoms with van der Waals surface area (Å²) in [5.41, 5.74) is 2.93. The van der Waals surface area contributed by atoms with Crippen LogP contribution in [0.1, 0.15) is 79.1 Å². The molecule has 3 rings (SSSR count). The molecule has 3 heteroatoms. The zero-order valence-electron chi connectivity index (χ0n) is 19.4. The molecule has 0 aromatic carbocycles. The van der Waals surface area contributed by atoms with E-state index in [9.17, 15) is 15.3 Å². The molecule has 6 unspecified atom stereocenters. The number of aliphatic hydroxyl groups is 3. The average molecular weight is 415 g/mol. The van der Waals surface area contributed by atoms with Gasteiger partial charge < -0.3 is 15.3 Å². The van der Waals surface area contributed by atoms with Gasteiger partial charge in [-0.2, -0.15) is 0 Å². The van der Waals surface area contributed by atoms with Crippen LogP contribution in [-0.2, 0) is 0 Å². The molecule has 0 heterocycles. The van der Waals surface area contributed by atoms with Gasteiger partial charge in [-0.3, -0.25) is 0 Å². The van der Waals surface area contributed by atoms with Crippen molar-refractivity contribution in [3.63, 3.8) is 0 Å². The second-order valence-electron chi connectivity index (χ2n) is 11.0. The molecule has 3 aliphatic carbocycles. The van der Waals surface area contributed by atoms with Gasteiger partial charge in [0, 0.05) is 0 Å². The lowest BCUT2D eigenvalue weighted by Crippen LogP contribution is -2.35. The highest BCUT2D eigenvalue weighted by Gasteiger charge is 2.50. The van der Waals surface area contributed by atoms with Crippen LogP contribution in [0.4, 0.5) is 0 Å². The fourth-order valence-electron chi connectivity index (χ4n) is 6.27. The third-order valence-corrected chi connectivity index (χ3v) is 8.03. The van der Waals surface area contributed by atoms with Crippen molar-refractivity contribution in [2.75, 3.05) is 0 Å². The summed E-state index contributed by atoms with van der Waals surface area (Å²) >= 11 is 0. The SMILES string of the molecule is C=C1C(O)CC(=CC=C2CCCC3(C)C2CCC3C(C)C=CCC(C)(C)O)CC1O. The van der Waals surface area contributed by atoms with Gasteiger partial charge in [0.1, 0.15) is 0 Å². The van der Waals surface area contributed by atoms with Gasteiger partial charge >= 0.3 is 0 Å². The first-order valence-electron chi connectivity index (χ1n) is 11.8. The first-order chi connectivity index (χ1) is 14.0. The molecule has 6 atom stereocenters. The minimum Gasteiger partial charge on any atom is -0.390 e. The molecule has 3 aliphatic rings. The number of allylic oxidation sites excluding steroid dienone is 4. The summed E-state index contributed by atoms with van der Waals surface area (Å²) in [5, 5.41) is 30.2. The predicted octanol–water partition coefficient (Wildman–Crippen LogP) is 5.48. The molecule has 3 nitrogen and oxygen atoms in total. The monoisotopic (exact) mass is 414 g/mol. The van der Waals surface area contributed by atoms with Crippen LogP contribution in [0.3, 0.4) is 0 Å². The summed E-state index contributed by atoms with van der Waals surface area (Å²) in [6, 6.07) is 0. The Labute approximate surface area is 183 Å². The van der Waals surface area contributed by atoms with Gasteiger partial charge in [0.05, 0.1) is 17.8 Å². The van der Waals surface area contributed by atoms with Crippen molar-refractivity contribution in [1.29, 1.82) is 0 Å². The molecule has 3 N–H and O–H groups in total. The van der Waals surface area contributed by atoms with Gasteiger partial charge in [0.25, 0.3) is 0 Å². The first-order valence-corrected chi connectivity index (χ1v) is 11.8. The van der Waals surface area contributed by atoms with Gasteiger partial charge in [-0.25, -0.2) is 0 Å². The van der Waals surface area contributed by atoms with E-state index in [1.165, 1.54) is 25.7 Å². The van der Waals surface area contributed by atoms with Gasteiger partial charge in [-0.05, 0) is 94.0 Å². The van der Waals surface area contributed by atoms with E-state index in [0.29, 0.717) is 48.0 Å². The highest BCUT2D eigenvalue weighted by atomic mass is 16.3. The molecular weight excluding hydrogens is 372 g/mol. The molecule has 0 aromatic rings. The number of aliphatic hydroxyl groups excluding tert-OH is 2.